The molecule has 2 aliphatic heterocycles. The maximum absolute atomic E-state index is 12.2. The number of nitrogens with zero attached hydrogens (tertiary/aromatic N) is 2. The second-order valence-electron chi connectivity index (χ2n) is 7.11. The zero-order chi connectivity index (χ0) is 14.8. The molecule has 0 aromatic heterocycles. The Labute approximate surface area is 128 Å². The zero-order valence-corrected chi connectivity index (χ0v) is 14.3. The summed E-state index contributed by atoms with van der Waals surface area (Å²) < 4.78 is 0. The van der Waals surface area contributed by atoms with Gasteiger partial charge in [0.05, 0.1) is 4.87 Å². The molecule has 116 valence electrons. The largest absolute Gasteiger partial charge is 0.342 e. The molecule has 3 nitrogen and oxygen atoms in total. The van der Waals surface area contributed by atoms with Gasteiger partial charge in [-0.3, -0.25) is 9.69 Å². The standard InChI is InChI=1S/C16H30N2OS/c1-13(2)11-15(19)17-7-5-16(6-8-17)18(9-10-20-16)12-14(3)4/h13-14H,5-12H2,1-4H3. The van der Waals surface area contributed by atoms with Crippen molar-refractivity contribution >= 4 is 17.7 Å². The van der Waals surface area contributed by atoms with Crippen LogP contribution in [0.4, 0.5) is 0 Å². The van der Waals surface area contributed by atoms with E-state index in [1.54, 1.807) is 0 Å². The fourth-order valence-corrected chi connectivity index (χ4v) is 4.90. The molecular formula is C16H30N2OS. The molecular weight excluding hydrogens is 268 g/mol. The van der Waals surface area contributed by atoms with Crippen LogP contribution < -0.4 is 0 Å². The molecule has 1 amide bonds. The lowest BCUT2D eigenvalue weighted by Gasteiger charge is -2.45. The molecule has 0 aromatic carbocycles. The summed E-state index contributed by atoms with van der Waals surface area (Å²) in [6.07, 6.45) is 3.00. The van der Waals surface area contributed by atoms with Crippen LogP contribution in [0, 0.1) is 11.8 Å². The normalized spacial score (nSPS) is 23.2. The number of piperidine rings is 1. The van der Waals surface area contributed by atoms with Gasteiger partial charge in [-0.25, -0.2) is 0 Å². The quantitative estimate of drug-likeness (QED) is 0.797. The van der Waals surface area contributed by atoms with Crippen LogP contribution in [0.2, 0.25) is 0 Å². The average molecular weight is 298 g/mol. The number of rotatable bonds is 4. The molecule has 0 aliphatic carbocycles. The second-order valence-corrected chi connectivity index (χ2v) is 8.57. The summed E-state index contributed by atoms with van der Waals surface area (Å²) in [5.41, 5.74) is 0. The molecule has 0 N–H and O–H groups in total. The first-order valence-electron chi connectivity index (χ1n) is 8.10. The third-order valence-electron chi connectivity index (χ3n) is 4.37. The molecule has 0 aromatic rings. The SMILES string of the molecule is CC(C)CC(=O)N1CCC2(CC1)SCCN2CC(C)C. The minimum absolute atomic E-state index is 0.332. The van der Waals surface area contributed by atoms with E-state index in [-0.39, 0.29) is 0 Å². The first-order chi connectivity index (χ1) is 9.43. The van der Waals surface area contributed by atoms with E-state index in [1.165, 1.54) is 18.8 Å². The van der Waals surface area contributed by atoms with E-state index in [1.807, 2.05) is 0 Å². The van der Waals surface area contributed by atoms with Crippen LogP contribution in [0.15, 0.2) is 0 Å². The van der Waals surface area contributed by atoms with E-state index >= 15 is 0 Å². The van der Waals surface area contributed by atoms with Gasteiger partial charge in [0.25, 0.3) is 0 Å². The number of carbonyl (C=O) groups is 1. The summed E-state index contributed by atoms with van der Waals surface area (Å²) in [6.45, 7) is 13.2. The Kier molecular flexibility index (Phi) is 5.41. The topological polar surface area (TPSA) is 23.6 Å². The van der Waals surface area contributed by atoms with Gasteiger partial charge in [0.1, 0.15) is 0 Å². The number of carbonyl (C=O) groups excluding carboxylic acids is 1. The van der Waals surface area contributed by atoms with E-state index in [0.29, 0.717) is 23.1 Å². The van der Waals surface area contributed by atoms with E-state index in [2.05, 4.69) is 49.3 Å². The molecule has 4 heteroatoms. The Hall–Kier alpha value is -0.220. The minimum Gasteiger partial charge on any atom is -0.342 e. The lowest BCUT2D eigenvalue weighted by atomic mass is 9.99. The summed E-state index contributed by atoms with van der Waals surface area (Å²) >= 11 is 2.13. The van der Waals surface area contributed by atoms with Crippen LogP contribution in [0.25, 0.3) is 0 Å². The Balaban J connectivity index is 1.91. The predicted molar refractivity (Wildman–Crippen MR) is 86.9 cm³/mol. The maximum atomic E-state index is 12.2. The Morgan fingerprint density at radius 3 is 2.30 bits per heavy atom. The number of amides is 1. The van der Waals surface area contributed by atoms with Crippen LogP contribution in [-0.4, -0.2) is 52.5 Å². The molecule has 2 fully saturated rings. The van der Waals surface area contributed by atoms with Gasteiger partial charge in [0.2, 0.25) is 5.91 Å². The van der Waals surface area contributed by atoms with Gasteiger partial charge in [-0.15, -0.1) is 11.8 Å². The smallest absolute Gasteiger partial charge is 0.222 e. The molecule has 2 saturated heterocycles. The molecule has 2 rings (SSSR count). The van der Waals surface area contributed by atoms with Crippen molar-refractivity contribution in [3.63, 3.8) is 0 Å². The van der Waals surface area contributed by atoms with Gasteiger partial charge < -0.3 is 4.90 Å². The molecule has 1 spiro atoms. The van der Waals surface area contributed by atoms with E-state index in [0.717, 1.165) is 31.8 Å². The lowest BCUT2D eigenvalue weighted by molar-refractivity contribution is -0.133. The highest BCUT2D eigenvalue weighted by molar-refractivity contribution is 8.00. The van der Waals surface area contributed by atoms with Crippen molar-refractivity contribution in [2.24, 2.45) is 11.8 Å². The van der Waals surface area contributed by atoms with Crippen molar-refractivity contribution < 1.29 is 4.79 Å². The summed E-state index contributed by atoms with van der Waals surface area (Å²) in [5.74, 6) is 2.81. The van der Waals surface area contributed by atoms with E-state index < -0.39 is 0 Å². The van der Waals surface area contributed by atoms with Gasteiger partial charge in [-0.2, -0.15) is 0 Å². The van der Waals surface area contributed by atoms with Gasteiger partial charge in [0, 0.05) is 38.4 Å². The molecule has 0 bridgehead atoms. The fraction of sp³-hybridized carbons (Fsp3) is 0.938. The van der Waals surface area contributed by atoms with Crippen LogP contribution in [-0.2, 0) is 4.79 Å². The molecule has 2 heterocycles. The Bertz CT molecular complexity index is 335. The van der Waals surface area contributed by atoms with Crippen molar-refractivity contribution in [3.05, 3.63) is 0 Å². The number of likely N-dealkylation sites (tertiary alicyclic amines) is 1. The monoisotopic (exact) mass is 298 g/mol. The highest BCUT2D eigenvalue weighted by Crippen LogP contribution is 2.44. The second kappa shape index (κ2) is 6.69. The average Bonchev–Trinajstić information content (AvgIpc) is 2.71. The maximum Gasteiger partial charge on any atom is 0.222 e. The zero-order valence-electron chi connectivity index (χ0n) is 13.5. The molecule has 0 unspecified atom stereocenters. The van der Waals surface area contributed by atoms with Crippen molar-refractivity contribution in [2.45, 2.75) is 51.8 Å². The lowest BCUT2D eigenvalue weighted by Crippen LogP contribution is -2.52. The third kappa shape index (κ3) is 3.70. The van der Waals surface area contributed by atoms with Crippen molar-refractivity contribution in [1.29, 1.82) is 0 Å². The summed E-state index contributed by atoms with van der Waals surface area (Å²) in [4.78, 5) is 17.3. The first kappa shape index (κ1) is 16.2. The predicted octanol–water partition coefficient (Wildman–Crippen LogP) is 3.06. The molecule has 0 saturated carbocycles. The van der Waals surface area contributed by atoms with Gasteiger partial charge in [0.15, 0.2) is 0 Å². The number of hydrogen-bond donors (Lipinski definition) is 0. The van der Waals surface area contributed by atoms with Gasteiger partial charge >= 0.3 is 0 Å². The van der Waals surface area contributed by atoms with Crippen LogP contribution in [0.1, 0.15) is 47.0 Å². The van der Waals surface area contributed by atoms with Gasteiger partial charge in [-0.1, -0.05) is 27.7 Å². The molecule has 20 heavy (non-hydrogen) atoms. The minimum atomic E-state index is 0.332. The van der Waals surface area contributed by atoms with Crippen molar-refractivity contribution in [3.8, 4) is 0 Å². The molecule has 2 aliphatic rings. The first-order valence-corrected chi connectivity index (χ1v) is 9.08. The summed E-state index contributed by atoms with van der Waals surface area (Å²) in [7, 11) is 0. The van der Waals surface area contributed by atoms with Crippen LogP contribution in [0.5, 0.6) is 0 Å². The number of thioether (sulfide) groups is 1. The Morgan fingerprint density at radius 1 is 1.10 bits per heavy atom. The molecule has 0 radical (unpaired) electrons. The summed E-state index contributed by atoms with van der Waals surface area (Å²) in [5, 5.41) is 0. The van der Waals surface area contributed by atoms with Gasteiger partial charge in [-0.05, 0) is 24.7 Å². The van der Waals surface area contributed by atoms with Crippen LogP contribution >= 0.6 is 11.8 Å². The molecule has 0 atom stereocenters. The van der Waals surface area contributed by atoms with Crippen LogP contribution in [0.3, 0.4) is 0 Å². The number of hydrogen-bond acceptors (Lipinski definition) is 3. The highest BCUT2D eigenvalue weighted by Gasteiger charge is 2.44. The Morgan fingerprint density at radius 2 is 1.75 bits per heavy atom. The van der Waals surface area contributed by atoms with Crippen molar-refractivity contribution in [2.75, 3.05) is 31.9 Å². The summed E-state index contributed by atoms with van der Waals surface area (Å²) in [6, 6.07) is 0. The van der Waals surface area contributed by atoms with Crippen molar-refractivity contribution in [1.82, 2.24) is 9.80 Å². The fourth-order valence-electron chi connectivity index (χ4n) is 3.38. The highest BCUT2D eigenvalue weighted by atomic mass is 32.2. The third-order valence-corrected chi connectivity index (χ3v) is 5.96. The van der Waals surface area contributed by atoms with E-state index in [4.69, 9.17) is 0 Å². The van der Waals surface area contributed by atoms with E-state index in [9.17, 15) is 4.79 Å².